The van der Waals surface area contributed by atoms with E-state index in [2.05, 4.69) is 0 Å². The Hall–Kier alpha value is -2.30. The average Bonchev–Trinajstić information content (AvgIpc) is 2.73. The Bertz CT molecular complexity index is 532. The first-order valence-electron chi connectivity index (χ1n) is 6.48. The van der Waals surface area contributed by atoms with Crippen LogP contribution in [0.4, 0.5) is 0 Å². The van der Waals surface area contributed by atoms with Gasteiger partial charge in [-0.3, -0.25) is 4.79 Å². The van der Waals surface area contributed by atoms with Crippen molar-refractivity contribution in [2.45, 2.75) is 25.9 Å². The maximum Gasteiger partial charge on any atom is 0.374 e. The molecule has 1 atom stereocenters. The second kappa shape index (κ2) is 6.23. The van der Waals surface area contributed by atoms with Crippen molar-refractivity contribution in [2.75, 3.05) is 6.61 Å². The Morgan fingerprint density at radius 2 is 2.05 bits per heavy atom. The zero-order valence-electron chi connectivity index (χ0n) is 11.2. The summed E-state index contributed by atoms with van der Waals surface area (Å²) < 4.78 is 9.94. The third kappa shape index (κ3) is 2.99. The normalized spacial score (nSPS) is 18.1. The number of benzene rings is 1. The molecule has 1 N–H and O–H groups in total. The van der Waals surface area contributed by atoms with E-state index < -0.39 is 12.1 Å². The van der Waals surface area contributed by atoms with Gasteiger partial charge in [0.2, 0.25) is 5.76 Å². The Morgan fingerprint density at radius 3 is 2.70 bits per heavy atom. The van der Waals surface area contributed by atoms with E-state index in [1.807, 2.05) is 6.07 Å². The van der Waals surface area contributed by atoms with Crippen molar-refractivity contribution in [1.82, 2.24) is 0 Å². The van der Waals surface area contributed by atoms with Crippen LogP contribution in [0.1, 0.15) is 25.3 Å². The van der Waals surface area contributed by atoms with Crippen molar-refractivity contribution in [3.63, 3.8) is 0 Å². The molecule has 5 nitrogen and oxygen atoms in total. The van der Waals surface area contributed by atoms with E-state index in [0.29, 0.717) is 24.2 Å². The highest BCUT2D eigenvalue weighted by molar-refractivity contribution is 6.00. The molecule has 1 unspecified atom stereocenters. The molecule has 0 bridgehead atoms. The molecule has 0 fully saturated rings. The number of carbonyl (C=O) groups is 2. The summed E-state index contributed by atoms with van der Waals surface area (Å²) in [7, 11) is 0. The van der Waals surface area contributed by atoms with Gasteiger partial charge in [0.05, 0.1) is 6.61 Å². The van der Waals surface area contributed by atoms with Gasteiger partial charge in [-0.05, 0) is 18.9 Å². The highest BCUT2D eigenvalue weighted by Crippen LogP contribution is 2.32. The number of aliphatic hydroxyl groups excluding tert-OH is 1. The minimum absolute atomic E-state index is 0.134. The van der Waals surface area contributed by atoms with Crippen LogP contribution in [-0.4, -0.2) is 29.8 Å². The van der Waals surface area contributed by atoms with E-state index in [9.17, 15) is 14.7 Å². The summed E-state index contributed by atoms with van der Waals surface area (Å²) in [5.74, 6) is -1.48. The molecule has 1 aliphatic heterocycles. The molecular weight excluding hydrogens is 260 g/mol. The van der Waals surface area contributed by atoms with E-state index in [1.54, 1.807) is 31.2 Å². The topological polar surface area (TPSA) is 72.8 Å². The number of carbonyl (C=O) groups excluding carboxylic acids is 2. The van der Waals surface area contributed by atoms with E-state index in [4.69, 9.17) is 9.47 Å². The van der Waals surface area contributed by atoms with Crippen LogP contribution >= 0.6 is 0 Å². The lowest BCUT2D eigenvalue weighted by Crippen LogP contribution is -2.14. The maximum atomic E-state index is 11.5. The fourth-order valence-electron chi connectivity index (χ4n) is 2.13. The second-order valence-corrected chi connectivity index (χ2v) is 4.37. The van der Waals surface area contributed by atoms with Gasteiger partial charge in [-0.25, -0.2) is 4.79 Å². The zero-order chi connectivity index (χ0) is 14.5. The maximum absolute atomic E-state index is 11.5. The van der Waals surface area contributed by atoms with E-state index >= 15 is 0 Å². The summed E-state index contributed by atoms with van der Waals surface area (Å²) in [6.07, 6.45) is -0.192. The predicted octanol–water partition coefficient (Wildman–Crippen LogP) is 2.22. The number of ether oxygens (including phenoxy) is 2. The number of hydrogen-bond acceptors (Lipinski definition) is 5. The van der Waals surface area contributed by atoms with Crippen LogP contribution < -0.4 is 0 Å². The van der Waals surface area contributed by atoms with Crippen LogP contribution in [0.25, 0.3) is 5.57 Å². The van der Waals surface area contributed by atoms with Crippen LogP contribution in [-0.2, 0) is 19.1 Å². The van der Waals surface area contributed by atoms with Crippen molar-refractivity contribution in [1.29, 1.82) is 0 Å². The Balaban J connectivity index is 2.14. The molecule has 0 aromatic heterocycles. The van der Waals surface area contributed by atoms with Gasteiger partial charge in [0, 0.05) is 12.0 Å². The first-order chi connectivity index (χ1) is 9.63. The standard InChI is InChI=1S/C15H16O5/c1-2-19-12(16)9-8-11-13(14(17)15(18)20-11)10-6-4-3-5-7-10/h3-7,11,17H,2,8-9H2,1H3. The SMILES string of the molecule is CCOC(=O)CCC1OC(=O)C(O)=C1c1ccccc1. The molecule has 5 heteroatoms. The molecule has 0 saturated carbocycles. The van der Waals surface area contributed by atoms with Gasteiger partial charge in [0.25, 0.3) is 0 Å². The van der Waals surface area contributed by atoms with Crippen molar-refractivity contribution in [3.8, 4) is 0 Å². The summed E-state index contributed by atoms with van der Waals surface area (Å²) >= 11 is 0. The third-order valence-electron chi connectivity index (χ3n) is 3.02. The predicted molar refractivity (Wildman–Crippen MR) is 71.7 cm³/mol. The molecule has 20 heavy (non-hydrogen) atoms. The lowest BCUT2D eigenvalue weighted by Gasteiger charge is -2.13. The van der Waals surface area contributed by atoms with Crippen LogP contribution in [0, 0.1) is 0 Å². The Morgan fingerprint density at radius 1 is 1.35 bits per heavy atom. The van der Waals surface area contributed by atoms with Gasteiger partial charge >= 0.3 is 11.9 Å². The number of cyclic esters (lactones) is 1. The van der Waals surface area contributed by atoms with E-state index in [-0.39, 0.29) is 18.1 Å². The molecule has 0 radical (unpaired) electrons. The largest absolute Gasteiger partial charge is 0.502 e. The van der Waals surface area contributed by atoms with Gasteiger partial charge in [0.15, 0.2) is 0 Å². The van der Waals surface area contributed by atoms with Crippen LogP contribution in [0.15, 0.2) is 36.1 Å². The van der Waals surface area contributed by atoms with Gasteiger partial charge in [-0.15, -0.1) is 0 Å². The fourth-order valence-corrected chi connectivity index (χ4v) is 2.13. The van der Waals surface area contributed by atoms with Crippen molar-refractivity contribution >= 4 is 17.5 Å². The lowest BCUT2D eigenvalue weighted by atomic mass is 9.97. The molecule has 1 heterocycles. The molecule has 0 amide bonds. The summed E-state index contributed by atoms with van der Waals surface area (Å²) in [5.41, 5.74) is 1.14. The van der Waals surface area contributed by atoms with Gasteiger partial charge < -0.3 is 14.6 Å². The zero-order valence-corrected chi connectivity index (χ0v) is 11.2. The molecular formula is C15H16O5. The Kier molecular flexibility index (Phi) is 4.40. The van der Waals surface area contributed by atoms with Crippen molar-refractivity contribution in [3.05, 3.63) is 41.7 Å². The van der Waals surface area contributed by atoms with Crippen LogP contribution in [0.2, 0.25) is 0 Å². The first-order valence-corrected chi connectivity index (χ1v) is 6.48. The number of esters is 2. The van der Waals surface area contributed by atoms with Crippen molar-refractivity contribution in [2.24, 2.45) is 0 Å². The number of rotatable bonds is 5. The quantitative estimate of drug-likeness (QED) is 0.835. The molecule has 106 valence electrons. The van der Waals surface area contributed by atoms with Crippen molar-refractivity contribution < 1.29 is 24.2 Å². The number of aliphatic hydroxyl groups is 1. The average molecular weight is 276 g/mol. The third-order valence-corrected chi connectivity index (χ3v) is 3.02. The minimum atomic E-state index is -0.752. The van der Waals surface area contributed by atoms with Gasteiger partial charge in [-0.1, -0.05) is 30.3 Å². The summed E-state index contributed by atoms with van der Waals surface area (Å²) in [5, 5.41) is 9.84. The molecule has 1 aromatic rings. The molecule has 1 aromatic carbocycles. The highest BCUT2D eigenvalue weighted by Gasteiger charge is 2.35. The lowest BCUT2D eigenvalue weighted by molar-refractivity contribution is -0.146. The molecule has 1 aliphatic rings. The monoisotopic (exact) mass is 276 g/mol. The van der Waals surface area contributed by atoms with E-state index in [1.165, 1.54) is 0 Å². The Labute approximate surface area is 116 Å². The first kappa shape index (κ1) is 14.1. The second-order valence-electron chi connectivity index (χ2n) is 4.37. The fraction of sp³-hybridized carbons (Fsp3) is 0.333. The summed E-state index contributed by atoms with van der Waals surface area (Å²) in [4.78, 5) is 22.9. The smallest absolute Gasteiger partial charge is 0.374 e. The van der Waals surface area contributed by atoms with Crippen LogP contribution in [0.3, 0.4) is 0 Å². The minimum Gasteiger partial charge on any atom is -0.502 e. The molecule has 2 rings (SSSR count). The molecule has 0 spiro atoms. The van der Waals surface area contributed by atoms with Gasteiger partial charge in [-0.2, -0.15) is 0 Å². The van der Waals surface area contributed by atoms with Gasteiger partial charge in [0.1, 0.15) is 6.10 Å². The molecule has 0 saturated heterocycles. The molecule has 0 aliphatic carbocycles. The van der Waals surface area contributed by atoms with Crippen LogP contribution in [0.5, 0.6) is 0 Å². The summed E-state index contributed by atoms with van der Waals surface area (Å²) in [6, 6.07) is 9.02. The highest BCUT2D eigenvalue weighted by atomic mass is 16.6. The summed E-state index contributed by atoms with van der Waals surface area (Å²) in [6.45, 7) is 2.05. The number of hydrogen-bond donors (Lipinski definition) is 1. The van der Waals surface area contributed by atoms with E-state index in [0.717, 1.165) is 0 Å².